The van der Waals surface area contributed by atoms with E-state index in [0.29, 0.717) is 11.8 Å². The van der Waals surface area contributed by atoms with Gasteiger partial charge in [0.15, 0.2) is 11.6 Å². The van der Waals surface area contributed by atoms with Crippen molar-refractivity contribution in [3.05, 3.63) is 28.6 Å². The van der Waals surface area contributed by atoms with E-state index >= 15 is 0 Å². The van der Waals surface area contributed by atoms with E-state index in [0.717, 1.165) is 36.8 Å². The first-order chi connectivity index (χ1) is 8.60. The number of phenolic OH excluding ortho intramolecular Hbond substituents is 1. The average Bonchev–Trinajstić information content (AvgIpc) is 3.19. The third-order valence-electron chi connectivity index (χ3n) is 4.96. The minimum atomic E-state index is -0.301. The van der Waals surface area contributed by atoms with Crippen molar-refractivity contribution in [1.29, 1.82) is 0 Å². The maximum absolute atomic E-state index is 14.5. The zero-order chi connectivity index (χ0) is 12.5. The Labute approximate surface area is 107 Å². The number of halogens is 1. The lowest BCUT2D eigenvalue weighted by atomic mass is 9.87. The van der Waals surface area contributed by atoms with Crippen LogP contribution in [0.1, 0.15) is 74.0 Å². The summed E-state index contributed by atoms with van der Waals surface area (Å²) in [5.74, 6) is 0.433. The standard InChI is InChI=1S/C16H19FO/c1-16(6-7-16)12-8-11(9-2-3-9)15(18)14(17)13(12)10-4-5-10/h8-10,18H,2-7H2,1H3. The molecule has 0 heterocycles. The highest BCUT2D eigenvalue weighted by atomic mass is 19.1. The third kappa shape index (κ3) is 1.51. The summed E-state index contributed by atoms with van der Waals surface area (Å²) in [6.07, 6.45) is 6.71. The van der Waals surface area contributed by atoms with Crippen LogP contribution in [0.3, 0.4) is 0 Å². The van der Waals surface area contributed by atoms with Gasteiger partial charge in [0, 0.05) is 5.56 Å². The van der Waals surface area contributed by atoms with E-state index in [1.807, 2.05) is 0 Å². The average molecular weight is 246 g/mol. The Morgan fingerprint density at radius 1 is 1.17 bits per heavy atom. The predicted octanol–water partition coefficient (Wildman–Crippen LogP) is 4.34. The van der Waals surface area contributed by atoms with Gasteiger partial charge in [-0.2, -0.15) is 0 Å². The molecule has 0 bridgehead atoms. The third-order valence-corrected chi connectivity index (χ3v) is 4.96. The smallest absolute Gasteiger partial charge is 0.168 e. The number of aromatic hydroxyl groups is 1. The van der Waals surface area contributed by atoms with Crippen molar-refractivity contribution in [3.63, 3.8) is 0 Å². The number of benzene rings is 1. The fourth-order valence-electron chi connectivity index (χ4n) is 3.11. The summed E-state index contributed by atoms with van der Waals surface area (Å²) in [6, 6.07) is 2.14. The Balaban J connectivity index is 1.92. The summed E-state index contributed by atoms with van der Waals surface area (Å²) < 4.78 is 14.5. The molecule has 18 heavy (non-hydrogen) atoms. The van der Waals surface area contributed by atoms with E-state index < -0.39 is 0 Å². The monoisotopic (exact) mass is 246 g/mol. The van der Waals surface area contributed by atoms with Crippen LogP contribution in [-0.4, -0.2) is 5.11 Å². The number of rotatable bonds is 3. The van der Waals surface area contributed by atoms with Crippen molar-refractivity contribution >= 4 is 0 Å². The predicted molar refractivity (Wildman–Crippen MR) is 68.6 cm³/mol. The van der Waals surface area contributed by atoms with Gasteiger partial charge in [0.25, 0.3) is 0 Å². The number of phenols is 1. The first kappa shape index (κ1) is 10.8. The summed E-state index contributed by atoms with van der Waals surface area (Å²) in [7, 11) is 0. The lowest BCUT2D eigenvalue weighted by Gasteiger charge is -2.19. The van der Waals surface area contributed by atoms with Gasteiger partial charge in [0.1, 0.15) is 0 Å². The molecule has 0 aliphatic heterocycles. The summed E-state index contributed by atoms with van der Waals surface area (Å²) in [5, 5.41) is 10.1. The summed E-state index contributed by atoms with van der Waals surface area (Å²) >= 11 is 0. The van der Waals surface area contributed by atoms with Gasteiger partial charge in [-0.1, -0.05) is 13.0 Å². The minimum Gasteiger partial charge on any atom is -0.505 e. The molecule has 0 spiro atoms. The molecule has 3 fully saturated rings. The zero-order valence-corrected chi connectivity index (χ0v) is 10.8. The van der Waals surface area contributed by atoms with Gasteiger partial charge in [0.05, 0.1) is 0 Å². The van der Waals surface area contributed by atoms with Crippen molar-refractivity contribution < 1.29 is 9.50 Å². The van der Waals surface area contributed by atoms with E-state index in [1.54, 1.807) is 0 Å². The maximum Gasteiger partial charge on any atom is 0.168 e. The molecule has 1 nitrogen and oxygen atoms in total. The highest BCUT2D eigenvalue weighted by molar-refractivity contribution is 5.52. The van der Waals surface area contributed by atoms with Gasteiger partial charge < -0.3 is 5.11 Å². The first-order valence-corrected chi connectivity index (χ1v) is 7.16. The molecule has 0 aromatic heterocycles. The molecular formula is C16H19FO. The molecule has 0 amide bonds. The van der Waals surface area contributed by atoms with Crippen LogP contribution in [0.2, 0.25) is 0 Å². The van der Waals surface area contributed by atoms with Crippen LogP contribution in [0.25, 0.3) is 0 Å². The second kappa shape index (κ2) is 3.28. The van der Waals surface area contributed by atoms with Crippen LogP contribution in [-0.2, 0) is 5.41 Å². The number of hydrogen-bond acceptors (Lipinski definition) is 1. The Morgan fingerprint density at radius 2 is 1.78 bits per heavy atom. The lowest BCUT2D eigenvalue weighted by molar-refractivity contribution is 0.420. The highest BCUT2D eigenvalue weighted by Gasteiger charge is 2.45. The van der Waals surface area contributed by atoms with Crippen LogP contribution in [0.5, 0.6) is 5.75 Å². The minimum absolute atomic E-state index is 0.0487. The summed E-state index contributed by atoms with van der Waals surface area (Å²) in [6.45, 7) is 2.24. The molecule has 1 aromatic rings. The molecule has 4 rings (SSSR count). The van der Waals surface area contributed by atoms with Crippen LogP contribution >= 0.6 is 0 Å². The van der Waals surface area contributed by atoms with E-state index in [-0.39, 0.29) is 17.0 Å². The van der Waals surface area contributed by atoms with Crippen molar-refractivity contribution in [2.45, 2.75) is 62.7 Å². The summed E-state index contributed by atoms with van der Waals surface area (Å²) in [4.78, 5) is 0. The molecule has 0 atom stereocenters. The van der Waals surface area contributed by atoms with Crippen molar-refractivity contribution in [1.82, 2.24) is 0 Å². The second-order valence-corrected chi connectivity index (χ2v) is 6.70. The van der Waals surface area contributed by atoms with Crippen LogP contribution in [0.15, 0.2) is 6.07 Å². The second-order valence-electron chi connectivity index (χ2n) is 6.70. The van der Waals surface area contributed by atoms with Gasteiger partial charge in [-0.25, -0.2) is 4.39 Å². The van der Waals surface area contributed by atoms with E-state index in [2.05, 4.69) is 13.0 Å². The fourth-order valence-corrected chi connectivity index (χ4v) is 3.11. The van der Waals surface area contributed by atoms with Gasteiger partial charge in [-0.05, 0) is 66.9 Å². The molecule has 1 aromatic carbocycles. The van der Waals surface area contributed by atoms with Gasteiger partial charge in [0.2, 0.25) is 0 Å². The zero-order valence-electron chi connectivity index (χ0n) is 10.8. The number of hydrogen-bond donors (Lipinski definition) is 1. The highest BCUT2D eigenvalue weighted by Crippen LogP contribution is 2.57. The van der Waals surface area contributed by atoms with Gasteiger partial charge in [-0.15, -0.1) is 0 Å². The largest absolute Gasteiger partial charge is 0.505 e. The topological polar surface area (TPSA) is 20.2 Å². The van der Waals surface area contributed by atoms with Crippen LogP contribution in [0.4, 0.5) is 4.39 Å². The van der Waals surface area contributed by atoms with E-state index in [1.165, 1.54) is 18.4 Å². The van der Waals surface area contributed by atoms with Crippen LogP contribution in [0, 0.1) is 5.82 Å². The van der Waals surface area contributed by atoms with Crippen molar-refractivity contribution in [2.24, 2.45) is 0 Å². The Hall–Kier alpha value is -1.05. The van der Waals surface area contributed by atoms with Crippen molar-refractivity contribution in [2.75, 3.05) is 0 Å². The molecule has 96 valence electrons. The van der Waals surface area contributed by atoms with Crippen LogP contribution < -0.4 is 0 Å². The fraction of sp³-hybridized carbons (Fsp3) is 0.625. The SMILES string of the molecule is CC1(c2cc(C3CC3)c(O)c(F)c2C2CC2)CC1. The molecular weight excluding hydrogens is 227 g/mol. The normalized spacial score (nSPS) is 25.2. The Morgan fingerprint density at radius 3 is 2.28 bits per heavy atom. The van der Waals surface area contributed by atoms with E-state index in [4.69, 9.17) is 0 Å². The van der Waals surface area contributed by atoms with Gasteiger partial charge in [-0.3, -0.25) is 0 Å². The Bertz CT molecular complexity index is 522. The van der Waals surface area contributed by atoms with E-state index in [9.17, 15) is 9.50 Å². The lowest BCUT2D eigenvalue weighted by Crippen LogP contribution is -2.08. The first-order valence-electron chi connectivity index (χ1n) is 7.16. The maximum atomic E-state index is 14.5. The molecule has 1 N–H and O–H groups in total. The molecule has 0 radical (unpaired) electrons. The molecule has 0 saturated heterocycles. The quantitative estimate of drug-likeness (QED) is 0.841. The molecule has 3 aliphatic carbocycles. The van der Waals surface area contributed by atoms with Gasteiger partial charge >= 0.3 is 0 Å². The molecule has 3 aliphatic rings. The molecule has 3 saturated carbocycles. The summed E-state index contributed by atoms with van der Waals surface area (Å²) in [5.41, 5.74) is 3.12. The van der Waals surface area contributed by atoms with Crippen molar-refractivity contribution in [3.8, 4) is 5.75 Å². The molecule has 2 heteroatoms. The molecule has 0 unspecified atom stereocenters. The Kier molecular flexibility index (Phi) is 1.98.